The molecule has 1 rings (SSSR count). The van der Waals surface area contributed by atoms with Crippen LogP contribution in [0.5, 0.6) is 0 Å². The fourth-order valence-corrected chi connectivity index (χ4v) is 2.29. The number of halogens is 1. The summed E-state index contributed by atoms with van der Waals surface area (Å²) in [7, 11) is 0. The molecule has 0 fully saturated rings. The minimum absolute atomic E-state index is 0.185. The first-order valence-corrected chi connectivity index (χ1v) is 8.20. The molecule has 0 N–H and O–H groups in total. The number of alkyl halides is 1. The predicted octanol–water partition coefficient (Wildman–Crippen LogP) is 3.74. The van der Waals surface area contributed by atoms with Crippen molar-refractivity contribution < 1.29 is 9.63 Å². The molecule has 108 valence electrons. The van der Waals surface area contributed by atoms with Gasteiger partial charge in [-0.1, -0.05) is 54.5 Å². The van der Waals surface area contributed by atoms with Crippen molar-refractivity contribution >= 4 is 21.9 Å². The van der Waals surface area contributed by atoms with Crippen molar-refractivity contribution in [1.29, 1.82) is 0 Å². The molecule has 5 heteroatoms. The average Bonchev–Trinajstić information content (AvgIpc) is 2.89. The van der Waals surface area contributed by atoms with Crippen LogP contribution < -0.4 is 4.84 Å². The van der Waals surface area contributed by atoms with Gasteiger partial charge < -0.3 is 4.84 Å². The van der Waals surface area contributed by atoms with E-state index < -0.39 is 0 Å². The molecule has 4 nitrogen and oxygen atoms in total. The normalized spacial score (nSPS) is 10.6. The lowest BCUT2D eigenvalue weighted by molar-refractivity contribution is -0.144. The topological polar surface area (TPSA) is 44.1 Å². The standard InChI is InChI=1S/C14H23BrN2O2/c15-10-8-6-4-2-1-3-5-7-9-14(18)19-17-12-11-16-13-17/h11-13H,1-10H2. The van der Waals surface area contributed by atoms with Crippen LogP contribution in [0.3, 0.4) is 0 Å². The van der Waals surface area contributed by atoms with Crippen molar-refractivity contribution in [3.05, 3.63) is 18.7 Å². The molecule has 0 radical (unpaired) electrons. The number of carbonyl (C=O) groups excluding carboxylic acids is 1. The van der Waals surface area contributed by atoms with E-state index in [0.717, 1.165) is 18.2 Å². The predicted molar refractivity (Wildman–Crippen MR) is 79.2 cm³/mol. The number of nitrogens with zero attached hydrogens (tertiary/aromatic N) is 2. The lowest BCUT2D eigenvalue weighted by Gasteiger charge is -2.03. The zero-order valence-corrected chi connectivity index (χ0v) is 13.0. The Morgan fingerprint density at radius 2 is 1.68 bits per heavy atom. The number of carbonyl (C=O) groups is 1. The number of aromatic nitrogens is 2. The zero-order valence-electron chi connectivity index (χ0n) is 11.4. The van der Waals surface area contributed by atoms with Crippen LogP contribution in [0.4, 0.5) is 0 Å². The van der Waals surface area contributed by atoms with Gasteiger partial charge in [0.1, 0.15) is 6.33 Å². The van der Waals surface area contributed by atoms with Crippen LogP contribution in [0.15, 0.2) is 18.7 Å². The van der Waals surface area contributed by atoms with Gasteiger partial charge in [-0.3, -0.25) is 0 Å². The Morgan fingerprint density at radius 3 is 2.26 bits per heavy atom. The van der Waals surface area contributed by atoms with Crippen LogP contribution in [-0.2, 0) is 4.79 Å². The van der Waals surface area contributed by atoms with E-state index >= 15 is 0 Å². The molecule has 0 bridgehead atoms. The molecule has 0 amide bonds. The Hall–Kier alpha value is -0.840. The third kappa shape index (κ3) is 8.81. The first-order valence-electron chi connectivity index (χ1n) is 7.08. The largest absolute Gasteiger partial charge is 0.336 e. The van der Waals surface area contributed by atoms with E-state index in [-0.39, 0.29) is 5.97 Å². The van der Waals surface area contributed by atoms with Gasteiger partial charge in [0.25, 0.3) is 0 Å². The van der Waals surface area contributed by atoms with Crippen molar-refractivity contribution in [1.82, 2.24) is 9.71 Å². The molecule has 1 aromatic heterocycles. The van der Waals surface area contributed by atoms with Crippen LogP contribution in [-0.4, -0.2) is 21.0 Å². The third-order valence-electron chi connectivity index (χ3n) is 2.95. The number of unbranched alkanes of at least 4 members (excludes halogenated alkanes) is 7. The second-order valence-electron chi connectivity index (χ2n) is 4.65. The molecule has 0 saturated carbocycles. The minimum atomic E-state index is -0.185. The fraction of sp³-hybridized carbons (Fsp3) is 0.714. The highest BCUT2D eigenvalue weighted by atomic mass is 79.9. The number of hydrogen-bond donors (Lipinski definition) is 0. The summed E-state index contributed by atoms with van der Waals surface area (Å²) in [5.74, 6) is -0.185. The SMILES string of the molecule is O=C(CCCCCCCCCCBr)On1ccnc1. The van der Waals surface area contributed by atoms with Gasteiger partial charge in [0.05, 0.1) is 6.20 Å². The van der Waals surface area contributed by atoms with Crippen LogP contribution >= 0.6 is 15.9 Å². The third-order valence-corrected chi connectivity index (χ3v) is 3.51. The van der Waals surface area contributed by atoms with E-state index in [1.54, 1.807) is 12.4 Å². The maximum absolute atomic E-state index is 11.4. The molecule has 0 atom stereocenters. The Balaban J connectivity index is 1.86. The quantitative estimate of drug-likeness (QED) is 0.458. The molecule has 0 aliphatic heterocycles. The summed E-state index contributed by atoms with van der Waals surface area (Å²) < 4.78 is 1.34. The van der Waals surface area contributed by atoms with E-state index in [1.165, 1.54) is 49.6 Å². The molecule has 1 aromatic rings. The van der Waals surface area contributed by atoms with E-state index in [1.807, 2.05) is 0 Å². The van der Waals surface area contributed by atoms with Gasteiger partial charge in [0.15, 0.2) is 0 Å². The molecule has 0 saturated heterocycles. The molecule has 0 aliphatic carbocycles. The molecule has 0 aliphatic rings. The molecular formula is C14H23BrN2O2. The lowest BCUT2D eigenvalue weighted by atomic mass is 10.1. The van der Waals surface area contributed by atoms with Gasteiger partial charge in [-0.25, -0.2) is 9.78 Å². The van der Waals surface area contributed by atoms with Gasteiger partial charge in [0, 0.05) is 17.9 Å². The summed E-state index contributed by atoms with van der Waals surface area (Å²) in [5, 5.41) is 1.12. The Labute approximate surface area is 123 Å². The summed E-state index contributed by atoms with van der Waals surface area (Å²) in [6, 6.07) is 0. The van der Waals surface area contributed by atoms with Gasteiger partial charge in [-0.2, -0.15) is 4.73 Å². The number of hydrogen-bond acceptors (Lipinski definition) is 3. The zero-order chi connectivity index (χ0) is 13.8. The van der Waals surface area contributed by atoms with E-state index in [0.29, 0.717) is 6.42 Å². The highest BCUT2D eigenvalue weighted by molar-refractivity contribution is 9.09. The Bertz CT molecular complexity index is 328. The number of rotatable bonds is 11. The van der Waals surface area contributed by atoms with Crippen LogP contribution in [0, 0.1) is 0 Å². The smallest absolute Gasteiger partial charge is 0.332 e. The van der Waals surface area contributed by atoms with Gasteiger partial charge in [-0.15, -0.1) is 0 Å². The Kier molecular flexibility index (Phi) is 9.41. The van der Waals surface area contributed by atoms with Crippen molar-refractivity contribution in [2.75, 3.05) is 5.33 Å². The molecule has 0 unspecified atom stereocenters. The van der Waals surface area contributed by atoms with Gasteiger partial charge in [0.2, 0.25) is 0 Å². The molecule has 19 heavy (non-hydrogen) atoms. The molecular weight excluding hydrogens is 308 g/mol. The Morgan fingerprint density at radius 1 is 1.05 bits per heavy atom. The maximum Gasteiger partial charge on any atom is 0.332 e. The van der Waals surface area contributed by atoms with Crippen molar-refractivity contribution in [2.24, 2.45) is 0 Å². The van der Waals surface area contributed by atoms with E-state index in [2.05, 4.69) is 20.9 Å². The highest BCUT2D eigenvalue weighted by Crippen LogP contribution is 2.10. The highest BCUT2D eigenvalue weighted by Gasteiger charge is 2.03. The van der Waals surface area contributed by atoms with E-state index in [4.69, 9.17) is 4.84 Å². The fourth-order valence-electron chi connectivity index (χ4n) is 1.89. The minimum Gasteiger partial charge on any atom is -0.336 e. The average molecular weight is 331 g/mol. The molecule has 0 aromatic carbocycles. The summed E-state index contributed by atoms with van der Waals surface area (Å²) >= 11 is 3.44. The first kappa shape index (κ1) is 16.2. The molecule has 1 heterocycles. The summed E-state index contributed by atoms with van der Waals surface area (Å²) in [6.45, 7) is 0. The van der Waals surface area contributed by atoms with Crippen LogP contribution in [0.2, 0.25) is 0 Å². The first-order chi connectivity index (χ1) is 9.33. The lowest BCUT2D eigenvalue weighted by Crippen LogP contribution is -2.17. The van der Waals surface area contributed by atoms with Crippen molar-refractivity contribution in [3.63, 3.8) is 0 Å². The van der Waals surface area contributed by atoms with Crippen molar-refractivity contribution in [2.45, 2.75) is 57.8 Å². The second kappa shape index (κ2) is 11.0. The summed E-state index contributed by atoms with van der Waals surface area (Å²) in [5.41, 5.74) is 0. The second-order valence-corrected chi connectivity index (χ2v) is 5.45. The van der Waals surface area contributed by atoms with Gasteiger partial charge >= 0.3 is 5.97 Å². The monoisotopic (exact) mass is 330 g/mol. The van der Waals surface area contributed by atoms with E-state index in [9.17, 15) is 4.79 Å². The van der Waals surface area contributed by atoms with Gasteiger partial charge in [-0.05, 0) is 12.8 Å². The number of imidazole rings is 1. The molecule has 0 spiro atoms. The van der Waals surface area contributed by atoms with Crippen LogP contribution in [0.25, 0.3) is 0 Å². The van der Waals surface area contributed by atoms with Crippen LogP contribution in [0.1, 0.15) is 57.8 Å². The maximum atomic E-state index is 11.4. The summed E-state index contributed by atoms with van der Waals surface area (Å²) in [4.78, 5) is 20.3. The van der Waals surface area contributed by atoms with Crippen molar-refractivity contribution in [3.8, 4) is 0 Å². The summed E-state index contributed by atoms with van der Waals surface area (Å²) in [6.07, 6.45) is 14.9.